The monoisotopic (exact) mass is 159 g/mol. The van der Waals surface area contributed by atoms with Crippen LogP contribution in [0.25, 0.3) is 0 Å². The summed E-state index contributed by atoms with van der Waals surface area (Å²) in [4.78, 5) is 0. The van der Waals surface area contributed by atoms with E-state index in [0.717, 1.165) is 0 Å². The number of hydrogen-bond acceptors (Lipinski definition) is 2. The Kier molecular flexibility index (Phi) is 4.35. The Morgan fingerprint density at radius 2 is 1.60 bits per heavy atom. The van der Waals surface area contributed by atoms with Gasteiger partial charge in [-0.15, -0.1) is 5.16 Å². The molecule has 1 N–H and O–H groups in total. The van der Waals surface area contributed by atoms with Crippen molar-refractivity contribution in [2.24, 2.45) is 5.16 Å². The van der Waals surface area contributed by atoms with Gasteiger partial charge in [0.2, 0.25) is 0 Å². The molecule has 0 radical (unpaired) electrons. The highest BCUT2D eigenvalue weighted by Gasteiger charge is 2.16. The Labute approximate surface area is 64.6 Å². The van der Waals surface area contributed by atoms with Crippen LogP contribution in [-0.4, -0.2) is 19.8 Å². The molecule has 0 unspecified atom stereocenters. The second-order valence-electron chi connectivity index (χ2n) is 3.33. The summed E-state index contributed by atoms with van der Waals surface area (Å²) in [6, 6.07) is 0. The molecule has 0 rings (SSSR count). The van der Waals surface area contributed by atoms with Crippen molar-refractivity contribution in [2.75, 3.05) is 0 Å². The zero-order valence-corrected chi connectivity index (χ0v) is 8.36. The molecule has 0 atom stereocenters. The van der Waals surface area contributed by atoms with Gasteiger partial charge in [0.25, 0.3) is 0 Å². The minimum absolute atomic E-state index is 0.691. The molecule has 0 heterocycles. The van der Waals surface area contributed by atoms with E-state index in [2.05, 4.69) is 32.9 Å². The first-order valence-corrected chi connectivity index (χ1v) is 5.77. The second-order valence-corrected chi connectivity index (χ2v) is 7.45. The lowest BCUT2D eigenvalue weighted by atomic mass is 10.5. The van der Waals surface area contributed by atoms with Crippen LogP contribution >= 0.6 is 0 Å². The maximum atomic E-state index is 8.34. The third-order valence-corrected chi connectivity index (χ3v) is 5.34. The summed E-state index contributed by atoms with van der Waals surface area (Å²) in [6.45, 7) is 8.77. The van der Waals surface area contributed by atoms with E-state index in [1.165, 1.54) is 0 Å². The normalized spacial score (nSPS) is 12.7. The molecule has 0 aromatic rings. The molecular weight excluding hydrogens is 142 g/mol. The van der Waals surface area contributed by atoms with Crippen LogP contribution in [0.2, 0.25) is 11.1 Å². The van der Waals surface area contributed by atoms with Crippen LogP contribution in [0, 0.1) is 0 Å². The van der Waals surface area contributed by atoms with Gasteiger partial charge in [-0.05, 0) is 11.1 Å². The molecule has 0 aromatic carbocycles. The van der Waals surface area contributed by atoms with Crippen molar-refractivity contribution in [1.29, 1.82) is 0 Å². The van der Waals surface area contributed by atoms with Gasteiger partial charge < -0.3 is 5.21 Å². The molecule has 0 aliphatic carbocycles. The van der Waals surface area contributed by atoms with E-state index in [0.29, 0.717) is 11.1 Å². The maximum absolute atomic E-state index is 8.34. The lowest BCUT2D eigenvalue weighted by molar-refractivity contribution is 0.322. The number of nitrogens with zero attached hydrogens (tertiary/aromatic N) is 1. The highest BCUT2D eigenvalue weighted by Crippen LogP contribution is 2.17. The Bertz CT molecular complexity index is 104. The fraction of sp³-hybridized carbons (Fsp3) is 0.857. The Morgan fingerprint density at radius 3 is 1.70 bits per heavy atom. The van der Waals surface area contributed by atoms with E-state index in [4.69, 9.17) is 5.21 Å². The Morgan fingerprint density at radius 1 is 1.20 bits per heavy atom. The molecule has 0 aliphatic rings. The van der Waals surface area contributed by atoms with Gasteiger partial charge in [-0.1, -0.05) is 27.7 Å². The summed E-state index contributed by atoms with van der Waals surface area (Å²) >= 11 is 0. The van der Waals surface area contributed by atoms with Gasteiger partial charge in [0, 0.05) is 5.84 Å². The van der Waals surface area contributed by atoms with Crippen molar-refractivity contribution in [1.82, 2.24) is 0 Å². The molecule has 0 aliphatic heterocycles. The zero-order valence-electron chi connectivity index (χ0n) is 7.20. The third kappa shape index (κ3) is 3.01. The fourth-order valence-corrected chi connectivity index (χ4v) is 3.57. The van der Waals surface area contributed by atoms with Crippen molar-refractivity contribution >= 4 is 14.6 Å². The van der Waals surface area contributed by atoms with Crippen molar-refractivity contribution < 1.29 is 5.21 Å². The zero-order chi connectivity index (χ0) is 8.15. The molecule has 0 spiro atoms. The first kappa shape index (κ1) is 9.69. The molecular formula is C7H17NOSi. The SMILES string of the molecule is CC(C)[SiH](C=NO)C(C)C. The molecule has 60 valence electrons. The lowest BCUT2D eigenvalue weighted by Crippen LogP contribution is -2.23. The van der Waals surface area contributed by atoms with Crippen LogP contribution in [0.15, 0.2) is 5.16 Å². The largest absolute Gasteiger partial charge is 0.411 e. The van der Waals surface area contributed by atoms with Crippen molar-refractivity contribution in [3.8, 4) is 0 Å². The maximum Gasteiger partial charge on any atom is 0.0944 e. The van der Waals surface area contributed by atoms with Crippen molar-refractivity contribution in [3.05, 3.63) is 0 Å². The first-order chi connectivity index (χ1) is 4.59. The third-order valence-electron chi connectivity index (χ3n) is 1.78. The van der Waals surface area contributed by atoms with Crippen molar-refractivity contribution in [2.45, 2.75) is 38.8 Å². The Hall–Kier alpha value is -0.313. The molecule has 0 fully saturated rings. The highest BCUT2D eigenvalue weighted by atomic mass is 28.3. The molecule has 0 amide bonds. The molecule has 2 nitrogen and oxygen atoms in total. The number of rotatable bonds is 3. The Balaban J connectivity index is 3.98. The minimum atomic E-state index is -0.922. The van der Waals surface area contributed by atoms with Crippen LogP contribution in [-0.2, 0) is 0 Å². The smallest absolute Gasteiger partial charge is 0.0944 e. The van der Waals surface area contributed by atoms with Gasteiger partial charge in [-0.3, -0.25) is 0 Å². The average Bonchev–Trinajstić information content (AvgIpc) is 1.81. The average molecular weight is 159 g/mol. The quantitative estimate of drug-likeness (QED) is 0.291. The summed E-state index contributed by atoms with van der Waals surface area (Å²) in [6.07, 6.45) is 0. The van der Waals surface area contributed by atoms with Gasteiger partial charge >= 0.3 is 0 Å². The molecule has 3 heteroatoms. The van der Waals surface area contributed by atoms with Gasteiger partial charge in [0.1, 0.15) is 0 Å². The summed E-state index contributed by atoms with van der Waals surface area (Å²) in [7, 11) is -0.922. The second kappa shape index (κ2) is 4.49. The predicted molar refractivity (Wildman–Crippen MR) is 47.6 cm³/mol. The van der Waals surface area contributed by atoms with E-state index in [1.807, 2.05) is 0 Å². The fourth-order valence-electron chi connectivity index (χ4n) is 1.19. The van der Waals surface area contributed by atoms with Crippen LogP contribution in [0.1, 0.15) is 27.7 Å². The van der Waals surface area contributed by atoms with Crippen LogP contribution in [0.5, 0.6) is 0 Å². The number of oxime groups is 1. The minimum Gasteiger partial charge on any atom is -0.411 e. The van der Waals surface area contributed by atoms with Crippen molar-refractivity contribution in [3.63, 3.8) is 0 Å². The summed E-state index contributed by atoms with van der Waals surface area (Å²) < 4.78 is 0. The van der Waals surface area contributed by atoms with E-state index in [-0.39, 0.29) is 0 Å². The van der Waals surface area contributed by atoms with Crippen LogP contribution in [0.4, 0.5) is 0 Å². The standard InChI is InChI=1S/C7H17NOSi/c1-6(2)10(5-8-9)7(3)4/h5-7,9-10H,1-4H3. The van der Waals surface area contributed by atoms with Crippen LogP contribution in [0.3, 0.4) is 0 Å². The van der Waals surface area contributed by atoms with Gasteiger partial charge in [0.05, 0.1) is 8.80 Å². The van der Waals surface area contributed by atoms with Gasteiger partial charge in [-0.2, -0.15) is 0 Å². The predicted octanol–water partition coefficient (Wildman–Crippen LogP) is 2.03. The van der Waals surface area contributed by atoms with E-state index in [9.17, 15) is 0 Å². The van der Waals surface area contributed by atoms with E-state index < -0.39 is 8.80 Å². The molecule has 0 aromatic heterocycles. The van der Waals surface area contributed by atoms with Crippen LogP contribution < -0.4 is 0 Å². The van der Waals surface area contributed by atoms with Gasteiger partial charge in [0.15, 0.2) is 0 Å². The first-order valence-electron chi connectivity index (χ1n) is 3.77. The topological polar surface area (TPSA) is 32.6 Å². The van der Waals surface area contributed by atoms with E-state index >= 15 is 0 Å². The number of hydrogen-bond donors (Lipinski definition) is 1. The van der Waals surface area contributed by atoms with Gasteiger partial charge in [-0.25, -0.2) is 0 Å². The van der Waals surface area contributed by atoms with E-state index in [1.54, 1.807) is 5.84 Å². The lowest BCUT2D eigenvalue weighted by Gasteiger charge is -2.16. The molecule has 10 heavy (non-hydrogen) atoms. The molecule has 0 saturated carbocycles. The molecule has 0 bridgehead atoms. The highest BCUT2D eigenvalue weighted by molar-refractivity contribution is 6.87. The summed E-state index contributed by atoms with van der Waals surface area (Å²) in [5.41, 5.74) is 1.38. The summed E-state index contributed by atoms with van der Waals surface area (Å²) in [5, 5.41) is 11.5. The summed E-state index contributed by atoms with van der Waals surface area (Å²) in [5.74, 6) is 1.76. The molecule has 0 saturated heterocycles.